The van der Waals surface area contributed by atoms with E-state index < -0.39 is 19.9 Å². The average molecular weight is 208 g/mol. The van der Waals surface area contributed by atoms with Crippen LogP contribution in [0.1, 0.15) is 12.8 Å². The summed E-state index contributed by atoms with van der Waals surface area (Å²) in [5, 5.41) is 0. The lowest BCUT2D eigenvalue weighted by atomic mass is 10.4. The number of nitrogens with two attached hydrogens (primary N) is 4. The third-order valence-electron chi connectivity index (χ3n) is 2.05. The van der Waals surface area contributed by atoms with E-state index in [0.29, 0.717) is 25.9 Å². The summed E-state index contributed by atoms with van der Waals surface area (Å²) < 4.78 is 0. The van der Waals surface area contributed by atoms with E-state index in [1.165, 1.54) is 0 Å². The molecular weight excluding hydrogens is 188 g/mol. The molecule has 0 rings (SSSR count). The minimum atomic E-state index is -3.56. The summed E-state index contributed by atoms with van der Waals surface area (Å²) in [6, 6.07) is 0. The van der Waals surface area contributed by atoms with Crippen molar-refractivity contribution in [1.82, 2.24) is 0 Å². The fourth-order valence-electron chi connectivity index (χ4n) is 1.06. The Balaban J connectivity index is 4.17. The fraction of sp³-hybridized carbons (Fsp3) is 1.00. The molecule has 0 aromatic carbocycles. The van der Waals surface area contributed by atoms with Crippen LogP contribution in [0.2, 0.25) is 0 Å². The van der Waals surface area contributed by atoms with E-state index in [2.05, 4.69) is 0 Å². The first-order valence-corrected chi connectivity index (χ1v) is 6.37. The lowest BCUT2D eigenvalue weighted by Crippen LogP contribution is -2.66. The summed E-state index contributed by atoms with van der Waals surface area (Å²) in [7, 11) is -3.56. The highest BCUT2D eigenvalue weighted by molar-refractivity contribution is 6.68. The first-order valence-electron chi connectivity index (χ1n) is 4.32. The molecule has 0 heterocycles. The van der Waals surface area contributed by atoms with Gasteiger partial charge in [-0.3, -0.25) is 0 Å². The molecule has 7 heteroatoms. The Labute approximate surface area is 79.1 Å². The van der Waals surface area contributed by atoms with Gasteiger partial charge in [0.25, 0.3) is 0 Å². The van der Waals surface area contributed by atoms with Gasteiger partial charge in [-0.15, -0.1) is 0 Å². The Morgan fingerprint density at radius 1 is 0.923 bits per heavy atom. The van der Waals surface area contributed by atoms with Crippen molar-refractivity contribution in [2.75, 3.05) is 13.1 Å². The van der Waals surface area contributed by atoms with Crippen LogP contribution >= 0.6 is 0 Å². The van der Waals surface area contributed by atoms with Gasteiger partial charge < -0.3 is 32.5 Å². The van der Waals surface area contributed by atoms with E-state index in [0.717, 1.165) is 0 Å². The molecular formula is C6H20N4O2Si. The molecule has 0 aliphatic carbocycles. The Hall–Kier alpha value is -0.0231. The SMILES string of the molecule is NCCC(N)[Si](O)(O)C(N)CCN. The average Bonchev–Trinajstić information content (AvgIpc) is 2.05. The van der Waals surface area contributed by atoms with Crippen molar-refractivity contribution in [3.8, 4) is 0 Å². The fourth-order valence-corrected chi connectivity index (χ4v) is 2.79. The topological polar surface area (TPSA) is 145 Å². The predicted molar refractivity (Wildman–Crippen MR) is 53.5 cm³/mol. The molecule has 0 spiro atoms. The summed E-state index contributed by atoms with van der Waals surface area (Å²) in [5.74, 6) is 0. The highest BCUT2D eigenvalue weighted by Gasteiger charge is 2.42. The summed E-state index contributed by atoms with van der Waals surface area (Å²) in [4.78, 5) is 19.3. The standard InChI is InChI=1S/C6H20N4O2Si/c7-3-1-5(9)13(11,12)6(10)2-4-8/h5-6,11-12H,1-4,7-10H2. The van der Waals surface area contributed by atoms with Crippen LogP contribution in [0.15, 0.2) is 0 Å². The van der Waals surface area contributed by atoms with Crippen LogP contribution in [0.5, 0.6) is 0 Å². The van der Waals surface area contributed by atoms with Gasteiger partial charge in [-0.05, 0) is 25.9 Å². The van der Waals surface area contributed by atoms with Gasteiger partial charge in [0.05, 0.1) is 11.3 Å². The summed E-state index contributed by atoms with van der Waals surface area (Å²) >= 11 is 0. The predicted octanol–water partition coefficient (Wildman–Crippen LogP) is -3.16. The van der Waals surface area contributed by atoms with E-state index in [-0.39, 0.29) is 0 Å². The zero-order valence-corrected chi connectivity index (χ0v) is 8.69. The van der Waals surface area contributed by atoms with Crippen molar-refractivity contribution in [1.29, 1.82) is 0 Å². The molecule has 0 amide bonds. The van der Waals surface area contributed by atoms with Crippen molar-refractivity contribution in [2.45, 2.75) is 24.2 Å². The zero-order valence-electron chi connectivity index (χ0n) is 7.69. The Morgan fingerprint density at radius 2 is 1.23 bits per heavy atom. The normalized spacial score (nSPS) is 17.1. The van der Waals surface area contributed by atoms with Gasteiger partial charge in [0.1, 0.15) is 0 Å². The van der Waals surface area contributed by atoms with Gasteiger partial charge in [0.2, 0.25) is 0 Å². The van der Waals surface area contributed by atoms with E-state index in [1.54, 1.807) is 0 Å². The second-order valence-corrected chi connectivity index (χ2v) is 6.20. The lowest BCUT2D eigenvalue weighted by molar-refractivity contribution is 0.314. The molecule has 0 saturated heterocycles. The van der Waals surface area contributed by atoms with Gasteiger partial charge in [0, 0.05) is 0 Å². The molecule has 0 aromatic rings. The van der Waals surface area contributed by atoms with Gasteiger partial charge in [0.15, 0.2) is 0 Å². The first-order chi connectivity index (χ1) is 5.96. The molecule has 0 radical (unpaired) electrons. The number of hydrogen-bond donors (Lipinski definition) is 6. The first kappa shape index (κ1) is 13.0. The van der Waals surface area contributed by atoms with Crippen LogP contribution in [0.4, 0.5) is 0 Å². The molecule has 0 bridgehead atoms. The molecule has 13 heavy (non-hydrogen) atoms. The molecule has 6 nitrogen and oxygen atoms in total. The maximum absolute atomic E-state index is 9.65. The number of rotatable bonds is 6. The van der Waals surface area contributed by atoms with Gasteiger partial charge in [-0.25, -0.2) is 0 Å². The smallest absolute Gasteiger partial charge is 0.367 e. The highest BCUT2D eigenvalue weighted by atomic mass is 28.4. The van der Waals surface area contributed by atoms with Gasteiger partial charge in [-0.2, -0.15) is 0 Å². The van der Waals surface area contributed by atoms with Crippen LogP contribution in [0.3, 0.4) is 0 Å². The second-order valence-electron chi connectivity index (χ2n) is 3.15. The van der Waals surface area contributed by atoms with Gasteiger partial charge >= 0.3 is 8.56 Å². The molecule has 0 saturated carbocycles. The van der Waals surface area contributed by atoms with Crippen molar-refractivity contribution in [3.05, 3.63) is 0 Å². The number of hydrogen-bond acceptors (Lipinski definition) is 6. The van der Waals surface area contributed by atoms with Crippen LogP contribution < -0.4 is 22.9 Å². The molecule has 2 atom stereocenters. The van der Waals surface area contributed by atoms with E-state index >= 15 is 0 Å². The van der Waals surface area contributed by atoms with Crippen molar-refractivity contribution in [3.63, 3.8) is 0 Å². The Morgan fingerprint density at radius 3 is 1.46 bits per heavy atom. The summed E-state index contributed by atoms with van der Waals surface area (Å²) in [5.41, 5.74) is 20.2. The van der Waals surface area contributed by atoms with Crippen molar-refractivity contribution in [2.24, 2.45) is 22.9 Å². The monoisotopic (exact) mass is 208 g/mol. The van der Waals surface area contributed by atoms with E-state index in [4.69, 9.17) is 22.9 Å². The molecule has 0 aliphatic heterocycles. The second kappa shape index (κ2) is 5.65. The molecule has 2 unspecified atom stereocenters. The summed E-state index contributed by atoms with van der Waals surface area (Å²) in [6.45, 7) is 0.652. The molecule has 0 fully saturated rings. The van der Waals surface area contributed by atoms with Crippen LogP contribution in [0, 0.1) is 0 Å². The molecule has 10 N–H and O–H groups in total. The van der Waals surface area contributed by atoms with Crippen LogP contribution in [-0.4, -0.2) is 42.6 Å². The summed E-state index contributed by atoms with van der Waals surface area (Å²) in [6.07, 6.45) is 0.745. The van der Waals surface area contributed by atoms with Crippen LogP contribution in [-0.2, 0) is 0 Å². The van der Waals surface area contributed by atoms with Crippen molar-refractivity contribution >= 4 is 8.56 Å². The third-order valence-corrected chi connectivity index (χ3v) is 4.81. The van der Waals surface area contributed by atoms with Gasteiger partial charge in [-0.1, -0.05) is 0 Å². The largest absolute Gasteiger partial charge is 0.409 e. The maximum atomic E-state index is 9.65. The minimum Gasteiger partial charge on any atom is -0.409 e. The maximum Gasteiger partial charge on any atom is 0.367 e. The van der Waals surface area contributed by atoms with Crippen LogP contribution in [0.25, 0.3) is 0 Å². The molecule has 0 aromatic heterocycles. The minimum absolute atomic E-state index is 0.326. The lowest BCUT2D eigenvalue weighted by Gasteiger charge is -2.29. The third kappa shape index (κ3) is 3.69. The van der Waals surface area contributed by atoms with E-state index in [1.807, 2.05) is 0 Å². The Kier molecular flexibility index (Phi) is 5.64. The quantitative estimate of drug-likeness (QED) is 0.254. The highest BCUT2D eigenvalue weighted by Crippen LogP contribution is 2.08. The molecule has 0 aliphatic rings. The Bertz CT molecular complexity index is 133. The zero-order chi connectivity index (χ0) is 10.5. The van der Waals surface area contributed by atoms with E-state index in [9.17, 15) is 9.59 Å². The van der Waals surface area contributed by atoms with Crippen molar-refractivity contribution < 1.29 is 9.59 Å². The molecule has 80 valence electrons.